The average Bonchev–Trinajstić information content (AvgIpc) is 2.66. The van der Waals surface area contributed by atoms with E-state index >= 15 is 0 Å². The first-order valence-corrected chi connectivity index (χ1v) is 6.00. The first-order valence-electron chi connectivity index (χ1n) is 6.00. The highest BCUT2D eigenvalue weighted by atomic mass is 16.6. The van der Waals surface area contributed by atoms with E-state index in [1.807, 2.05) is 20.8 Å². The standard InChI is InChI=1S/C12H19NO4/c1-11(2,3)17-10(16)13-6-4-5-12(13)7-8(12)9(14)15/h8H,4-7H2,1-3H3,(H,14,15). The van der Waals surface area contributed by atoms with E-state index in [1.54, 1.807) is 4.90 Å². The first kappa shape index (κ1) is 12.2. The Kier molecular flexibility index (Phi) is 2.60. The Morgan fingerprint density at radius 1 is 1.41 bits per heavy atom. The Bertz CT molecular complexity index is 360. The van der Waals surface area contributed by atoms with Gasteiger partial charge in [-0.15, -0.1) is 0 Å². The predicted octanol–water partition coefficient (Wildman–Crippen LogP) is 1.86. The molecule has 0 aromatic carbocycles. The van der Waals surface area contributed by atoms with Crippen LogP contribution in [0.15, 0.2) is 0 Å². The number of ether oxygens (including phenoxy) is 1. The topological polar surface area (TPSA) is 66.8 Å². The van der Waals surface area contributed by atoms with Crippen molar-refractivity contribution in [1.82, 2.24) is 4.90 Å². The Labute approximate surface area is 101 Å². The van der Waals surface area contributed by atoms with Crippen LogP contribution in [0.3, 0.4) is 0 Å². The molecule has 2 fully saturated rings. The van der Waals surface area contributed by atoms with Crippen molar-refractivity contribution in [2.45, 2.75) is 51.2 Å². The van der Waals surface area contributed by atoms with Crippen LogP contribution in [0.4, 0.5) is 4.79 Å². The van der Waals surface area contributed by atoms with Crippen molar-refractivity contribution < 1.29 is 19.4 Å². The molecule has 96 valence electrons. The molecule has 1 saturated heterocycles. The lowest BCUT2D eigenvalue weighted by molar-refractivity contribution is -0.139. The molecule has 0 aromatic heterocycles. The van der Waals surface area contributed by atoms with Crippen LogP contribution in [-0.4, -0.2) is 39.8 Å². The number of likely N-dealkylation sites (tertiary alicyclic amines) is 1. The molecule has 1 saturated carbocycles. The highest BCUT2D eigenvalue weighted by Gasteiger charge is 2.65. The molecule has 1 aliphatic heterocycles. The Morgan fingerprint density at radius 3 is 2.53 bits per heavy atom. The largest absolute Gasteiger partial charge is 0.481 e. The third kappa shape index (κ3) is 2.10. The second-order valence-corrected chi connectivity index (χ2v) is 5.93. The number of carbonyl (C=O) groups excluding carboxylic acids is 1. The van der Waals surface area contributed by atoms with Crippen LogP contribution in [-0.2, 0) is 9.53 Å². The zero-order valence-electron chi connectivity index (χ0n) is 10.5. The zero-order valence-corrected chi connectivity index (χ0v) is 10.5. The first-order chi connectivity index (χ1) is 7.76. The predicted molar refractivity (Wildman–Crippen MR) is 60.6 cm³/mol. The van der Waals surface area contributed by atoms with Gasteiger partial charge in [-0.05, 0) is 40.0 Å². The van der Waals surface area contributed by atoms with Crippen molar-refractivity contribution >= 4 is 12.1 Å². The lowest BCUT2D eigenvalue weighted by atomic mass is 10.1. The van der Waals surface area contributed by atoms with E-state index < -0.39 is 23.0 Å². The molecule has 0 aromatic rings. The average molecular weight is 241 g/mol. The van der Waals surface area contributed by atoms with Crippen LogP contribution in [0.1, 0.15) is 40.0 Å². The van der Waals surface area contributed by atoms with E-state index in [0.29, 0.717) is 13.0 Å². The maximum absolute atomic E-state index is 12.0. The van der Waals surface area contributed by atoms with Gasteiger partial charge in [-0.1, -0.05) is 0 Å². The lowest BCUT2D eigenvalue weighted by Gasteiger charge is -2.29. The highest BCUT2D eigenvalue weighted by Crippen LogP contribution is 2.55. The fourth-order valence-electron chi connectivity index (χ4n) is 2.68. The minimum atomic E-state index is -0.805. The van der Waals surface area contributed by atoms with Gasteiger partial charge < -0.3 is 14.7 Å². The molecule has 2 rings (SSSR count). The van der Waals surface area contributed by atoms with Crippen LogP contribution in [0.2, 0.25) is 0 Å². The maximum Gasteiger partial charge on any atom is 0.410 e. The van der Waals surface area contributed by atoms with Gasteiger partial charge in [0.25, 0.3) is 0 Å². The van der Waals surface area contributed by atoms with Gasteiger partial charge in [-0.2, -0.15) is 0 Å². The molecule has 1 N–H and O–H groups in total. The number of rotatable bonds is 1. The zero-order chi connectivity index (χ0) is 12.8. The van der Waals surface area contributed by atoms with Crippen molar-refractivity contribution in [3.05, 3.63) is 0 Å². The summed E-state index contributed by atoms with van der Waals surface area (Å²) in [6.45, 7) is 6.05. The van der Waals surface area contributed by atoms with Crippen molar-refractivity contribution in [2.75, 3.05) is 6.54 Å². The molecule has 1 spiro atoms. The minimum Gasteiger partial charge on any atom is -0.481 e. The summed E-state index contributed by atoms with van der Waals surface area (Å²) in [6.07, 6.45) is 1.84. The van der Waals surface area contributed by atoms with Gasteiger partial charge in [-0.25, -0.2) is 4.79 Å². The summed E-state index contributed by atoms with van der Waals surface area (Å²) < 4.78 is 5.32. The monoisotopic (exact) mass is 241 g/mol. The van der Waals surface area contributed by atoms with Gasteiger partial charge in [0.15, 0.2) is 0 Å². The van der Waals surface area contributed by atoms with E-state index in [0.717, 1.165) is 12.8 Å². The van der Waals surface area contributed by atoms with E-state index in [4.69, 9.17) is 9.84 Å². The molecule has 1 amide bonds. The molecule has 0 radical (unpaired) electrons. The second kappa shape index (κ2) is 3.62. The number of aliphatic carboxylic acids is 1. The number of carboxylic acids is 1. The number of carbonyl (C=O) groups is 2. The fourth-order valence-corrected chi connectivity index (χ4v) is 2.68. The molecule has 2 unspecified atom stereocenters. The fraction of sp³-hybridized carbons (Fsp3) is 0.833. The normalized spacial score (nSPS) is 31.7. The van der Waals surface area contributed by atoms with Gasteiger partial charge in [0.1, 0.15) is 5.60 Å². The summed E-state index contributed by atoms with van der Waals surface area (Å²) in [6, 6.07) is 0. The number of amides is 1. The van der Waals surface area contributed by atoms with Crippen LogP contribution >= 0.6 is 0 Å². The van der Waals surface area contributed by atoms with E-state index in [-0.39, 0.29) is 6.09 Å². The molecule has 0 bridgehead atoms. The molecule has 5 heteroatoms. The molecule has 1 heterocycles. The number of carboxylic acid groups (broad SMARTS) is 1. The summed E-state index contributed by atoms with van der Waals surface area (Å²) in [5, 5.41) is 9.03. The molecule has 1 aliphatic carbocycles. The Morgan fingerprint density at radius 2 is 2.06 bits per heavy atom. The summed E-state index contributed by atoms with van der Waals surface area (Å²) in [5.41, 5.74) is -0.983. The summed E-state index contributed by atoms with van der Waals surface area (Å²) in [7, 11) is 0. The van der Waals surface area contributed by atoms with Crippen molar-refractivity contribution in [2.24, 2.45) is 5.92 Å². The molecule has 17 heavy (non-hydrogen) atoms. The molecular formula is C12H19NO4. The molecular weight excluding hydrogens is 222 g/mol. The molecule has 2 aliphatic rings. The SMILES string of the molecule is CC(C)(C)OC(=O)N1CCCC12CC2C(=O)O. The van der Waals surface area contributed by atoms with Crippen molar-refractivity contribution in [1.29, 1.82) is 0 Å². The maximum atomic E-state index is 12.0. The van der Waals surface area contributed by atoms with Crippen LogP contribution < -0.4 is 0 Å². The van der Waals surface area contributed by atoms with E-state index in [9.17, 15) is 9.59 Å². The summed E-state index contributed by atoms with van der Waals surface area (Å²) >= 11 is 0. The van der Waals surface area contributed by atoms with Gasteiger partial charge >= 0.3 is 12.1 Å². The number of hydrogen-bond donors (Lipinski definition) is 1. The van der Waals surface area contributed by atoms with Crippen molar-refractivity contribution in [3.8, 4) is 0 Å². The molecule has 5 nitrogen and oxygen atoms in total. The number of hydrogen-bond acceptors (Lipinski definition) is 3. The Balaban J connectivity index is 2.07. The minimum absolute atomic E-state index is 0.376. The second-order valence-electron chi connectivity index (χ2n) is 5.93. The van der Waals surface area contributed by atoms with Crippen LogP contribution in [0, 0.1) is 5.92 Å². The van der Waals surface area contributed by atoms with Gasteiger partial charge in [0.2, 0.25) is 0 Å². The van der Waals surface area contributed by atoms with E-state index in [1.165, 1.54) is 0 Å². The third-order valence-electron chi connectivity index (χ3n) is 3.49. The number of nitrogens with zero attached hydrogens (tertiary/aromatic N) is 1. The smallest absolute Gasteiger partial charge is 0.410 e. The van der Waals surface area contributed by atoms with E-state index in [2.05, 4.69) is 0 Å². The summed E-state index contributed by atoms with van der Waals surface area (Å²) in [5.74, 6) is -1.21. The van der Waals surface area contributed by atoms with Crippen LogP contribution in [0.25, 0.3) is 0 Å². The van der Waals surface area contributed by atoms with Gasteiger partial charge in [0, 0.05) is 6.54 Å². The Hall–Kier alpha value is -1.26. The highest BCUT2D eigenvalue weighted by molar-refractivity contribution is 5.80. The third-order valence-corrected chi connectivity index (χ3v) is 3.49. The molecule has 2 atom stereocenters. The van der Waals surface area contributed by atoms with Crippen molar-refractivity contribution in [3.63, 3.8) is 0 Å². The quantitative estimate of drug-likeness (QED) is 0.761. The lowest BCUT2D eigenvalue weighted by Crippen LogP contribution is -2.42. The summed E-state index contributed by atoms with van der Waals surface area (Å²) in [4.78, 5) is 24.6. The van der Waals surface area contributed by atoms with Crippen LogP contribution in [0.5, 0.6) is 0 Å². The van der Waals surface area contributed by atoms with Gasteiger partial charge in [0.05, 0.1) is 11.5 Å². The van der Waals surface area contributed by atoms with Gasteiger partial charge in [-0.3, -0.25) is 4.79 Å².